The van der Waals surface area contributed by atoms with Gasteiger partial charge in [0, 0.05) is 34.0 Å². The highest BCUT2D eigenvalue weighted by atomic mass is 16.5. The molecular weight excluding hydrogens is 418 g/mol. The van der Waals surface area contributed by atoms with Gasteiger partial charge in [0.15, 0.2) is 0 Å². The second kappa shape index (κ2) is 8.84. The molecule has 3 aromatic carbocycles. The van der Waals surface area contributed by atoms with Crippen molar-refractivity contribution in [2.45, 2.75) is 19.6 Å². The average Bonchev–Trinajstić information content (AvgIpc) is 3.51. The van der Waals surface area contributed by atoms with Crippen LogP contribution in [0.25, 0.3) is 33.1 Å². The van der Waals surface area contributed by atoms with Crippen molar-refractivity contribution in [2.24, 2.45) is 5.73 Å². The number of esters is 1. The van der Waals surface area contributed by atoms with Gasteiger partial charge in [-0.25, -0.2) is 0 Å². The summed E-state index contributed by atoms with van der Waals surface area (Å²) in [4.78, 5) is 11.8. The van der Waals surface area contributed by atoms with Gasteiger partial charge in [0.25, 0.3) is 0 Å². The number of benzene rings is 3. The lowest BCUT2D eigenvalue weighted by Crippen LogP contribution is -2.06. The quantitative estimate of drug-likeness (QED) is 0.331. The van der Waals surface area contributed by atoms with Gasteiger partial charge in [-0.3, -0.25) is 4.79 Å². The van der Waals surface area contributed by atoms with Crippen LogP contribution in [0.2, 0.25) is 0 Å². The Morgan fingerprint density at radius 2 is 1.52 bits per heavy atom. The predicted octanol–water partition coefficient (Wildman–Crippen LogP) is 5.60. The molecule has 0 atom stereocenters. The van der Waals surface area contributed by atoms with Crippen LogP contribution < -0.4 is 10.5 Å². The van der Waals surface area contributed by atoms with Crippen molar-refractivity contribution in [2.75, 3.05) is 7.11 Å². The molecule has 0 radical (unpaired) electrons. The Kier molecular flexibility index (Phi) is 5.59. The van der Waals surface area contributed by atoms with Crippen molar-refractivity contribution in [3.05, 3.63) is 89.9 Å². The molecule has 5 rings (SSSR count). The van der Waals surface area contributed by atoms with Crippen LogP contribution in [-0.4, -0.2) is 13.1 Å². The first-order valence-electron chi connectivity index (χ1n) is 10.6. The first-order chi connectivity index (χ1) is 16.2. The maximum absolute atomic E-state index is 11.8. The van der Waals surface area contributed by atoms with E-state index in [1.807, 2.05) is 60.7 Å². The monoisotopic (exact) mass is 441 g/mol. The molecule has 0 aliphatic carbocycles. The molecule has 2 aromatic heterocycles. The van der Waals surface area contributed by atoms with Crippen LogP contribution in [0, 0.1) is 0 Å². The van der Waals surface area contributed by atoms with E-state index in [0.717, 1.165) is 49.8 Å². The number of rotatable bonds is 7. The smallest absolute Gasteiger partial charge is 0.310 e. The zero-order valence-corrected chi connectivity index (χ0v) is 18.2. The number of methoxy groups -OCH3 is 1. The van der Waals surface area contributed by atoms with Crippen LogP contribution in [-0.2, 0) is 29.1 Å². The van der Waals surface area contributed by atoms with Crippen molar-refractivity contribution in [1.82, 2.24) is 0 Å². The van der Waals surface area contributed by atoms with E-state index in [9.17, 15) is 4.79 Å². The minimum Gasteiger partial charge on any atom is -0.489 e. The zero-order chi connectivity index (χ0) is 22.8. The van der Waals surface area contributed by atoms with E-state index in [1.165, 1.54) is 7.11 Å². The second-order valence-corrected chi connectivity index (χ2v) is 7.82. The molecule has 0 spiro atoms. The summed E-state index contributed by atoms with van der Waals surface area (Å²) in [6.45, 7) is 0.749. The van der Waals surface area contributed by atoms with E-state index < -0.39 is 0 Å². The van der Waals surface area contributed by atoms with Crippen molar-refractivity contribution >= 4 is 27.9 Å². The summed E-state index contributed by atoms with van der Waals surface area (Å²) in [7, 11) is 1.38. The highest BCUT2D eigenvalue weighted by molar-refractivity contribution is 6.01. The summed E-state index contributed by atoms with van der Waals surface area (Å²) in [5.41, 5.74) is 12.1. The summed E-state index contributed by atoms with van der Waals surface area (Å²) < 4.78 is 22.6. The van der Waals surface area contributed by atoms with Gasteiger partial charge in [0.2, 0.25) is 0 Å². The molecule has 2 heterocycles. The molecule has 0 saturated heterocycles. The molecule has 6 heteroatoms. The highest BCUT2D eigenvalue weighted by Crippen LogP contribution is 2.37. The van der Waals surface area contributed by atoms with Gasteiger partial charge < -0.3 is 24.0 Å². The van der Waals surface area contributed by atoms with E-state index >= 15 is 0 Å². The minimum atomic E-state index is -0.310. The number of carbonyl (C=O) groups excluding carboxylic acids is 1. The first kappa shape index (κ1) is 20.8. The summed E-state index contributed by atoms with van der Waals surface area (Å²) in [5.74, 6) is 0.339. The summed E-state index contributed by atoms with van der Waals surface area (Å²) in [5, 5.41) is 1.96. The van der Waals surface area contributed by atoms with Gasteiger partial charge in [-0.05, 0) is 53.6 Å². The fourth-order valence-corrected chi connectivity index (χ4v) is 4.07. The topological polar surface area (TPSA) is 87.8 Å². The molecule has 0 amide bonds. The predicted molar refractivity (Wildman–Crippen MR) is 126 cm³/mol. The third-order valence-electron chi connectivity index (χ3n) is 5.68. The molecule has 0 aliphatic rings. The van der Waals surface area contributed by atoms with Gasteiger partial charge in [0.05, 0.1) is 26.1 Å². The van der Waals surface area contributed by atoms with E-state index in [4.69, 9.17) is 24.0 Å². The number of nitrogens with two attached hydrogens (primary N) is 1. The zero-order valence-electron chi connectivity index (χ0n) is 18.2. The maximum Gasteiger partial charge on any atom is 0.310 e. The van der Waals surface area contributed by atoms with Gasteiger partial charge in [0.1, 0.15) is 23.5 Å². The van der Waals surface area contributed by atoms with Crippen molar-refractivity contribution < 1.29 is 23.1 Å². The van der Waals surface area contributed by atoms with E-state index in [-0.39, 0.29) is 12.4 Å². The van der Waals surface area contributed by atoms with Crippen molar-refractivity contribution in [3.8, 4) is 16.9 Å². The van der Waals surface area contributed by atoms with Gasteiger partial charge in [-0.1, -0.05) is 18.2 Å². The van der Waals surface area contributed by atoms with Crippen LogP contribution in [0.4, 0.5) is 0 Å². The lowest BCUT2D eigenvalue weighted by Gasteiger charge is -2.13. The Labute approximate surface area is 190 Å². The third kappa shape index (κ3) is 4.08. The summed E-state index contributed by atoms with van der Waals surface area (Å²) >= 11 is 0. The van der Waals surface area contributed by atoms with E-state index in [2.05, 4.69) is 0 Å². The second-order valence-electron chi connectivity index (χ2n) is 7.82. The Morgan fingerprint density at radius 1 is 0.879 bits per heavy atom. The van der Waals surface area contributed by atoms with Crippen LogP contribution in [0.1, 0.15) is 16.7 Å². The molecule has 166 valence electrons. The number of para-hydroxylation sites is 1. The molecule has 6 nitrogen and oxygen atoms in total. The molecular formula is C27H23NO5. The highest BCUT2D eigenvalue weighted by Gasteiger charge is 2.16. The van der Waals surface area contributed by atoms with Gasteiger partial charge in [-0.2, -0.15) is 0 Å². The average molecular weight is 441 g/mol. The van der Waals surface area contributed by atoms with Gasteiger partial charge in [-0.15, -0.1) is 0 Å². The first-order valence-corrected chi connectivity index (χ1v) is 10.6. The number of ether oxygens (including phenoxy) is 2. The molecule has 5 aromatic rings. The summed E-state index contributed by atoms with van der Waals surface area (Å²) in [6.07, 6.45) is 3.51. The fourth-order valence-electron chi connectivity index (χ4n) is 4.07. The van der Waals surface area contributed by atoms with Crippen LogP contribution in [0.15, 0.2) is 82.0 Å². The maximum atomic E-state index is 11.8. The van der Waals surface area contributed by atoms with E-state index in [1.54, 1.807) is 12.5 Å². The lowest BCUT2D eigenvalue weighted by atomic mass is 9.97. The third-order valence-corrected chi connectivity index (χ3v) is 5.68. The van der Waals surface area contributed by atoms with Crippen molar-refractivity contribution in [3.63, 3.8) is 0 Å². The Hall–Kier alpha value is -4.03. The van der Waals surface area contributed by atoms with Crippen molar-refractivity contribution in [1.29, 1.82) is 0 Å². The molecule has 0 aliphatic heterocycles. The Balaban J connectivity index is 1.53. The molecule has 0 saturated carbocycles. The number of hydrogen-bond acceptors (Lipinski definition) is 6. The molecule has 0 bridgehead atoms. The molecule has 2 N–H and O–H groups in total. The standard InChI is InChI=1S/C27H23NO5/c1-30-25(29)14-19-4-2-3-5-24(19)33-16-18-11-21-7-9-32-27(21)23(13-18)22-12-17(15-28)10-20-6-8-31-26(20)22/h2-13H,14-16,28H2,1H3. The number of carbonyl (C=O) groups is 1. The number of hydrogen-bond donors (Lipinski definition) is 1. The van der Waals surface area contributed by atoms with E-state index in [0.29, 0.717) is 18.9 Å². The Bertz CT molecular complexity index is 1450. The van der Waals surface area contributed by atoms with Crippen LogP contribution >= 0.6 is 0 Å². The summed E-state index contributed by atoms with van der Waals surface area (Å²) in [6, 6.07) is 19.5. The minimum absolute atomic E-state index is 0.154. The normalized spacial score (nSPS) is 11.2. The molecule has 33 heavy (non-hydrogen) atoms. The largest absolute Gasteiger partial charge is 0.489 e. The number of furan rings is 2. The fraction of sp³-hybridized carbons (Fsp3) is 0.148. The molecule has 0 fully saturated rings. The van der Waals surface area contributed by atoms with Crippen LogP contribution in [0.5, 0.6) is 5.75 Å². The number of fused-ring (bicyclic) bond motifs is 2. The Morgan fingerprint density at radius 3 is 2.18 bits per heavy atom. The van der Waals surface area contributed by atoms with Gasteiger partial charge >= 0.3 is 5.97 Å². The SMILES string of the molecule is COC(=O)Cc1ccccc1OCc1cc(-c2cc(CN)cc3ccoc23)c2occc2c1. The molecule has 0 unspecified atom stereocenters. The lowest BCUT2D eigenvalue weighted by molar-refractivity contribution is -0.139. The van der Waals surface area contributed by atoms with Crippen LogP contribution in [0.3, 0.4) is 0 Å².